The highest BCUT2D eigenvalue weighted by Gasteiger charge is 2.46. The first-order valence-corrected chi connectivity index (χ1v) is 8.33. The molecule has 0 aliphatic heterocycles. The SMILES string of the molecule is O=C(NCc1ccc(F)cc1)c1noc([C@@H]2C[C@@H]2c2c(F)cccc2F)n1. The van der Waals surface area contributed by atoms with Crippen molar-refractivity contribution in [3.05, 3.63) is 82.8 Å². The Morgan fingerprint density at radius 3 is 2.48 bits per heavy atom. The summed E-state index contributed by atoms with van der Waals surface area (Å²) in [6, 6.07) is 9.41. The predicted octanol–water partition coefficient (Wildman–Crippen LogP) is 3.69. The molecule has 0 bridgehead atoms. The number of benzene rings is 2. The van der Waals surface area contributed by atoms with Gasteiger partial charge in [0.15, 0.2) is 0 Å². The van der Waals surface area contributed by atoms with Gasteiger partial charge in [-0.1, -0.05) is 23.4 Å². The van der Waals surface area contributed by atoms with Gasteiger partial charge in [0, 0.05) is 23.9 Å². The van der Waals surface area contributed by atoms with E-state index in [0.29, 0.717) is 12.0 Å². The number of nitrogens with one attached hydrogen (secondary N) is 1. The maximum absolute atomic E-state index is 13.9. The fourth-order valence-corrected chi connectivity index (χ4v) is 2.99. The van der Waals surface area contributed by atoms with Crippen LogP contribution in [0, 0.1) is 17.5 Å². The normalized spacial score (nSPS) is 18.3. The molecule has 1 aliphatic rings. The van der Waals surface area contributed by atoms with Crippen molar-refractivity contribution in [2.45, 2.75) is 24.8 Å². The van der Waals surface area contributed by atoms with Crippen LogP contribution in [0.25, 0.3) is 0 Å². The van der Waals surface area contributed by atoms with E-state index in [1.165, 1.54) is 30.3 Å². The van der Waals surface area contributed by atoms with E-state index in [0.717, 1.165) is 0 Å². The first-order chi connectivity index (χ1) is 13.0. The van der Waals surface area contributed by atoms with Gasteiger partial charge in [0.05, 0.1) is 0 Å². The van der Waals surface area contributed by atoms with E-state index in [4.69, 9.17) is 4.52 Å². The minimum atomic E-state index is -0.612. The van der Waals surface area contributed by atoms with Gasteiger partial charge >= 0.3 is 0 Å². The zero-order chi connectivity index (χ0) is 19.0. The average Bonchev–Trinajstić information content (AvgIpc) is 3.26. The molecule has 8 heteroatoms. The van der Waals surface area contributed by atoms with Crippen LogP contribution in [-0.4, -0.2) is 16.0 Å². The van der Waals surface area contributed by atoms with Gasteiger partial charge in [-0.15, -0.1) is 0 Å². The molecule has 1 fully saturated rings. The Morgan fingerprint density at radius 2 is 1.78 bits per heavy atom. The molecule has 2 aromatic carbocycles. The summed E-state index contributed by atoms with van der Waals surface area (Å²) >= 11 is 0. The maximum atomic E-state index is 13.9. The summed E-state index contributed by atoms with van der Waals surface area (Å²) in [5.74, 6) is -2.83. The highest BCUT2D eigenvalue weighted by Crippen LogP contribution is 2.55. The highest BCUT2D eigenvalue weighted by atomic mass is 19.1. The third-order valence-electron chi connectivity index (χ3n) is 4.49. The fourth-order valence-electron chi connectivity index (χ4n) is 2.99. The van der Waals surface area contributed by atoms with E-state index in [-0.39, 0.29) is 41.5 Å². The minimum absolute atomic E-state index is 0.00279. The van der Waals surface area contributed by atoms with Crippen molar-refractivity contribution >= 4 is 5.91 Å². The number of hydrogen-bond acceptors (Lipinski definition) is 4. The molecule has 5 nitrogen and oxygen atoms in total. The fraction of sp³-hybridized carbons (Fsp3) is 0.211. The first kappa shape index (κ1) is 17.3. The third-order valence-corrected chi connectivity index (χ3v) is 4.49. The van der Waals surface area contributed by atoms with Crippen molar-refractivity contribution in [3.8, 4) is 0 Å². The Balaban J connectivity index is 1.40. The summed E-state index contributed by atoms with van der Waals surface area (Å²) < 4.78 is 45.7. The molecule has 1 aliphatic carbocycles. The summed E-state index contributed by atoms with van der Waals surface area (Å²) in [6.45, 7) is 0.176. The standard InChI is InChI=1S/C19H14F3N3O2/c20-11-6-4-10(5-7-11)9-23-18(26)17-24-19(27-25-17)13-8-12(13)16-14(21)2-1-3-15(16)22/h1-7,12-13H,8-9H2,(H,23,26)/t12-,13+/m0/s1. The summed E-state index contributed by atoms with van der Waals surface area (Å²) in [4.78, 5) is 16.1. The van der Waals surface area contributed by atoms with Gasteiger partial charge in [-0.05, 0) is 36.2 Å². The van der Waals surface area contributed by atoms with Gasteiger partial charge in [-0.25, -0.2) is 13.2 Å². The molecule has 2 atom stereocenters. The number of nitrogens with zero attached hydrogens (tertiary/aromatic N) is 2. The van der Waals surface area contributed by atoms with Crippen LogP contribution in [0.4, 0.5) is 13.2 Å². The Morgan fingerprint density at radius 1 is 1.07 bits per heavy atom. The van der Waals surface area contributed by atoms with E-state index in [9.17, 15) is 18.0 Å². The largest absolute Gasteiger partial charge is 0.345 e. The summed E-state index contributed by atoms with van der Waals surface area (Å²) in [5, 5.41) is 6.23. The zero-order valence-corrected chi connectivity index (χ0v) is 14.0. The van der Waals surface area contributed by atoms with E-state index >= 15 is 0 Å². The molecular weight excluding hydrogens is 359 g/mol. The molecule has 0 saturated heterocycles. The van der Waals surface area contributed by atoms with Crippen LogP contribution in [0.5, 0.6) is 0 Å². The van der Waals surface area contributed by atoms with Crippen molar-refractivity contribution in [3.63, 3.8) is 0 Å². The van der Waals surface area contributed by atoms with Crippen molar-refractivity contribution in [2.75, 3.05) is 0 Å². The summed E-state index contributed by atoms with van der Waals surface area (Å²) in [7, 11) is 0. The Hall–Kier alpha value is -3.16. The molecule has 1 heterocycles. The van der Waals surface area contributed by atoms with Crippen molar-refractivity contribution in [1.82, 2.24) is 15.5 Å². The van der Waals surface area contributed by atoms with Crippen LogP contribution in [0.2, 0.25) is 0 Å². The number of halogens is 3. The van der Waals surface area contributed by atoms with Gasteiger partial charge in [0.2, 0.25) is 5.89 Å². The van der Waals surface area contributed by atoms with E-state index in [1.807, 2.05) is 0 Å². The maximum Gasteiger partial charge on any atom is 0.292 e. The number of carbonyl (C=O) groups is 1. The molecule has 0 radical (unpaired) electrons. The Kier molecular flexibility index (Phi) is 4.39. The molecule has 4 rings (SSSR count). The zero-order valence-electron chi connectivity index (χ0n) is 14.0. The van der Waals surface area contributed by atoms with Crippen LogP contribution >= 0.6 is 0 Å². The van der Waals surface area contributed by atoms with E-state index in [2.05, 4.69) is 15.5 Å². The molecule has 1 N–H and O–H groups in total. The van der Waals surface area contributed by atoms with Crippen LogP contribution in [0.3, 0.4) is 0 Å². The highest BCUT2D eigenvalue weighted by molar-refractivity contribution is 5.90. The molecule has 27 heavy (non-hydrogen) atoms. The number of rotatable bonds is 5. The molecule has 3 aromatic rings. The molecular formula is C19H14F3N3O2. The topological polar surface area (TPSA) is 68.0 Å². The number of carbonyl (C=O) groups excluding carboxylic acids is 1. The lowest BCUT2D eigenvalue weighted by atomic mass is 10.1. The second kappa shape index (κ2) is 6.86. The monoisotopic (exact) mass is 373 g/mol. The van der Waals surface area contributed by atoms with Crippen LogP contribution in [-0.2, 0) is 6.54 Å². The lowest BCUT2D eigenvalue weighted by molar-refractivity contribution is 0.0937. The summed E-state index contributed by atoms with van der Waals surface area (Å²) in [6.07, 6.45) is 0.469. The smallest absolute Gasteiger partial charge is 0.292 e. The van der Waals surface area contributed by atoms with Gasteiger partial charge in [-0.2, -0.15) is 4.98 Å². The van der Waals surface area contributed by atoms with E-state index in [1.54, 1.807) is 12.1 Å². The number of aromatic nitrogens is 2. The minimum Gasteiger partial charge on any atom is -0.345 e. The second-order valence-corrected chi connectivity index (χ2v) is 6.35. The Bertz CT molecular complexity index is 968. The molecule has 1 amide bonds. The lowest BCUT2D eigenvalue weighted by Crippen LogP contribution is -2.24. The second-order valence-electron chi connectivity index (χ2n) is 6.35. The van der Waals surface area contributed by atoms with Gasteiger partial charge in [-0.3, -0.25) is 4.79 Å². The number of hydrogen-bond donors (Lipinski definition) is 1. The quantitative estimate of drug-likeness (QED) is 0.741. The average molecular weight is 373 g/mol. The predicted molar refractivity (Wildman–Crippen MR) is 88.3 cm³/mol. The van der Waals surface area contributed by atoms with Gasteiger partial charge < -0.3 is 9.84 Å². The van der Waals surface area contributed by atoms with Crippen molar-refractivity contribution in [1.29, 1.82) is 0 Å². The molecule has 1 saturated carbocycles. The molecule has 1 aromatic heterocycles. The van der Waals surface area contributed by atoms with Crippen LogP contribution in [0.1, 0.15) is 45.9 Å². The van der Waals surface area contributed by atoms with E-state index < -0.39 is 17.5 Å². The van der Waals surface area contributed by atoms with Crippen LogP contribution < -0.4 is 5.32 Å². The Labute approximate surface area is 152 Å². The van der Waals surface area contributed by atoms with Gasteiger partial charge in [0.1, 0.15) is 17.5 Å². The summed E-state index contributed by atoms with van der Waals surface area (Å²) in [5.41, 5.74) is 0.716. The first-order valence-electron chi connectivity index (χ1n) is 8.33. The molecule has 0 unspecified atom stereocenters. The third kappa shape index (κ3) is 3.55. The lowest BCUT2D eigenvalue weighted by Gasteiger charge is -2.02. The molecule has 0 spiro atoms. The number of amides is 1. The molecule has 138 valence electrons. The van der Waals surface area contributed by atoms with Gasteiger partial charge in [0.25, 0.3) is 11.7 Å². The van der Waals surface area contributed by atoms with Crippen molar-refractivity contribution in [2.24, 2.45) is 0 Å². The van der Waals surface area contributed by atoms with Crippen LogP contribution in [0.15, 0.2) is 47.0 Å². The van der Waals surface area contributed by atoms with Crippen molar-refractivity contribution < 1.29 is 22.5 Å².